The van der Waals surface area contributed by atoms with E-state index < -0.39 is 0 Å². The van der Waals surface area contributed by atoms with Gasteiger partial charge in [0, 0.05) is 42.8 Å². The summed E-state index contributed by atoms with van der Waals surface area (Å²) in [6, 6.07) is 8.34. The Morgan fingerprint density at radius 2 is 2.30 bits per heavy atom. The third-order valence-corrected chi connectivity index (χ3v) is 3.91. The summed E-state index contributed by atoms with van der Waals surface area (Å²) in [5.41, 5.74) is 6.59. The highest BCUT2D eigenvalue weighted by Crippen LogP contribution is 2.25. The highest BCUT2D eigenvalue weighted by Gasteiger charge is 2.22. The van der Waals surface area contributed by atoms with Crippen LogP contribution in [-0.4, -0.2) is 32.1 Å². The minimum Gasteiger partial charge on any atom is -0.371 e. The molecule has 1 fully saturated rings. The first-order valence-corrected chi connectivity index (χ1v) is 7.45. The number of carbonyl (C=O) groups is 1. The minimum absolute atomic E-state index is 0. The van der Waals surface area contributed by atoms with Gasteiger partial charge in [0.15, 0.2) is 0 Å². The molecule has 1 atom stereocenters. The summed E-state index contributed by atoms with van der Waals surface area (Å²) in [5.74, 6) is 0.587. The number of halogens is 2. The van der Waals surface area contributed by atoms with E-state index in [1.165, 1.54) is 5.69 Å². The number of rotatable bonds is 5. The molecular weight excluding hydrogens is 342 g/mol. The molecule has 2 rings (SSSR count). The SMILES string of the molecule is Cl.NCCC(=O)NCC1CCN(c2cccc(Br)c2)C1. The maximum Gasteiger partial charge on any atom is 0.221 e. The molecule has 0 bridgehead atoms. The molecule has 6 heteroatoms. The monoisotopic (exact) mass is 361 g/mol. The molecule has 1 aromatic carbocycles. The van der Waals surface area contributed by atoms with Crippen molar-refractivity contribution in [3.63, 3.8) is 0 Å². The maximum atomic E-state index is 11.4. The van der Waals surface area contributed by atoms with E-state index in [1.807, 2.05) is 6.07 Å². The highest BCUT2D eigenvalue weighted by molar-refractivity contribution is 9.10. The van der Waals surface area contributed by atoms with Crippen LogP contribution in [0.5, 0.6) is 0 Å². The zero-order chi connectivity index (χ0) is 13.7. The second-order valence-electron chi connectivity index (χ2n) is 4.92. The van der Waals surface area contributed by atoms with Gasteiger partial charge in [-0.25, -0.2) is 0 Å². The predicted molar refractivity (Wildman–Crippen MR) is 88.4 cm³/mol. The van der Waals surface area contributed by atoms with Gasteiger partial charge in [0.2, 0.25) is 5.91 Å². The van der Waals surface area contributed by atoms with Gasteiger partial charge in [-0.3, -0.25) is 4.79 Å². The fraction of sp³-hybridized carbons (Fsp3) is 0.500. The summed E-state index contributed by atoms with van der Waals surface area (Å²) in [5, 5.41) is 2.95. The fourth-order valence-electron chi connectivity index (χ4n) is 2.38. The largest absolute Gasteiger partial charge is 0.371 e. The normalized spacial score (nSPS) is 17.7. The first-order valence-electron chi connectivity index (χ1n) is 6.66. The van der Waals surface area contributed by atoms with Crippen molar-refractivity contribution in [2.24, 2.45) is 11.7 Å². The molecule has 1 heterocycles. The van der Waals surface area contributed by atoms with E-state index in [4.69, 9.17) is 5.73 Å². The molecule has 3 N–H and O–H groups in total. The molecule has 1 unspecified atom stereocenters. The second-order valence-corrected chi connectivity index (χ2v) is 5.84. The molecule has 1 aromatic rings. The predicted octanol–water partition coefficient (Wildman–Crippen LogP) is 2.16. The number of carbonyl (C=O) groups excluding carboxylic acids is 1. The summed E-state index contributed by atoms with van der Waals surface area (Å²) >= 11 is 3.50. The van der Waals surface area contributed by atoms with Crippen molar-refractivity contribution >= 4 is 39.9 Å². The number of nitrogens with one attached hydrogen (secondary N) is 1. The van der Waals surface area contributed by atoms with E-state index in [9.17, 15) is 4.79 Å². The smallest absolute Gasteiger partial charge is 0.221 e. The number of hydrogen-bond donors (Lipinski definition) is 2. The minimum atomic E-state index is 0. The maximum absolute atomic E-state index is 11.4. The molecular formula is C14H21BrClN3O. The number of nitrogens with two attached hydrogens (primary N) is 1. The van der Waals surface area contributed by atoms with E-state index in [0.717, 1.165) is 30.5 Å². The van der Waals surface area contributed by atoms with Gasteiger partial charge in [-0.2, -0.15) is 0 Å². The first kappa shape index (κ1) is 17.3. The van der Waals surface area contributed by atoms with Crippen LogP contribution in [0.2, 0.25) is 0 Å². The number of nitrogens with zero attached hydrogens (tertiary/aromatic N) is 1. The summed E-state index contributed by atoms with van der Waals surface area (Å²) < 4.78 is 1.10. The van der Waals surface area contributed by atoms with E-state index >= 15 is 0 Å². The Hall–Kier alpha value is -0.780. The lowest BCUT2D eigenvalue weighted by molar-refractivity contribution is -0.121. The number of hydrogen-bond acceptors (Lipinski definition) is 3. The Morgan fingerprint density at radius 3 is 3.00 bits per heavy atom. The standard InChI is InChI=1S/C14H20BrN3O.ClH/c15-12-2-1-3-13(8-12)18-7-5-11(10-18)9-17-14(19)4-6-16;/h1-3,8,11H,4-7,9-10,16H2,(H,17,19);1H. The third kappa shape index (κ3) is 4.96. The molecule has 1 saturated heterocycles. The number of benzene rings is 1. The van der Waals surface area contributed by atoms with E-state index in [0.29, 0.717) is 18.9 Å². The van der Waals surface area contributed by atoms with Gasteiger partial charge in [-0.05, 0) is 30.5 Å². The van der Waals surface area contributed by atoms with Gasteiger partial charge in [0.1, 0.15) is 0 Å². The van der Waals surface area contributed by atoms with Gasteiger partial charge in [0.25, 0.3) is 0 Å². The van der Waals surface area contributed by atoms with Crippen LogP contribution >= 0.6 is 28.3 Å². The fourth-order valence-corrected chi connectivity index (χ4v) is 2.77. The zero-order valence-electron chi connectivity index (χ0n) is 11.3. The Morgan fingerprint density at radius 1 is 1.50 bits per heavy atom. The molecule has 1 aliphatic heterocycles. The lowest BCUT2D eigenvalue weighted by Gasteiger charge is -2.19. The second kappa shape index (κ2) is 8.49. The lowest BCUT2D eigenvalue weighted by Crippen LogP contribution is -2.32. The van der Waals surface area contributed by atoms with Crippen LogP contribution in [0, 0.1) is 5.92 Å². The summed E-state index contributed by atoms with van der Waals surface area (Å²) in [6.45, 7) is 3.22. The van der Waals surface area contributed by atoms with Crippen molar-refractivity contribution < 1.29 is 4.79 Å². The van der Waals surface area contributed by atoms with Gasteiger partial charge >= 0.3 is 0 Å². The Balaban J connectivity index is 0.00000200. The van der Waals surface area contributed by atoms with Crippen molar-refractivity contribution in [3.8, 4) is 0 Å². The topological polar surface area (TPSA) is 58.4 Å². The molecule has 0 spiro atoms. The summed E-state index contributed by atoms with van der Waals surface area (Å²) in [6.07, 6.45) is 1.54. The molecule has 0 aliphatic carbocycles. The van der Waals surface area contributed by atoms with Crippen LogP contribution < -0.4 is 16.0 Å². The van der Waals surface area contributed by atoms with Crippen molar-refractivity contribution in [2.75, 3.05) is 31.1 Å². The molecule has 0 saturated carbocycles. The third-order valence-electron chi connectivity index (χ3n) is 3.42. The van der Waals surface area contributed by atoms with E-state index in [-0.39, 0.29) is 18.3 Å². The Labute approximate surface area is 134 Å². The summed E-state index contributed by atoms with van der Waals surface area (Å²) in [4.78, 5) is 13.8. The van der Waals surface area contributed by atoms with Crippen LogP contribution in [0.3, 0.4) is 0 Å². The summed E-state index contributed by atoms with van der Waals surface area (Å²) in [7, 11) is 0. The Kier molecular flexibility index (Phi) is 7.34. The van der Waals surface area contributed by atoms with Crippen molar-refractivity contribution in [2.45, 2.75) is 12.8 Å². The van der Waals surface area contributed by atoms with E-state index in [2.05, 4.69) is 44.3 Å². The van der Waals surface area contributed by atoms with E-state index in [1.54, 1.807) is 0 Å². The van der Waals surface area contributed by atoms with Gasteiger partial charge in [0.05, 0.1) is 0 Å². The first-order chi connectivity index (χ1) is 9.19. The number of amides is 1. The van der Waals surface area contributed by atoms with Crippen LogP contribution in [0.4, 0.5) is 5.69 Å². The van der Waals surface area contributed by atoms with Gasteiger partial charge in [-0.15, -0.1) is 12.4 Å². The van der Waals surface area contributed by atoms with Crippen molar-refractivity contribution in [1.82, 2.24) is 5.32 Å². The Bertz CT molecular complexity index is 444. The van der Waals surface area contributed by atoms with Gasteiger partial charge < -0.3 is 16.0 Å². The molecule has 4 nitrogen and oxygen atoms in total. The molecule has 20 heavy (non-hydrogen) atoms. The van der Waals surface area contributed by atoms with Crippen molar-refractivity contribution in [1.29, 1.82) is 0 Å². The highest BCUT2D eigenvalue weighted by atomic mass is 79.9. The molecule has 1 aliphatic rings. The average molecular weight is 363 g/mol. The number of anilines is 1. The van der Waals surface area contributed by atoms with Crippen molar-refractivity contribution in [3.05, 3.63) is 28.7 Å². The zero-order valence-corrected chi connectivity index (χ0v) is 13.8. The van der Waals surface area contributed by atoms with Crippen LogP contribution in [0.1, 0.15) is 12.8 Å². The van der Waals surface area contributed by atoms with Crippen LogP contribution in [0.15, 0.2) is 28.7 Å². The average Bonchev–Trinajstić information content (AvgIpc) is 2.85. The quantitative estimate of drug-likeness (QED) is 0.844. The molecule has 0 radical (unpaired) electrons. The molecule has 1 amide bonds. The molecule has 112 valence electrons. The molecule has 0 aromatic heterocycles. The van der Waals surface area contributed by atoms with Gasteiger partial charge in [-0.1, -0.05) is 22.0 Å². The van der Waals surface area contributed by atoms with Crippen LogP contribution in [-0.2, 0) is 4.79 Å². The lowest BCUT2D eigenvalue weighted by atomic mass is 10.1. The van der Waals surface area contributed by atoms with Crippen LogP contribution in [0.25, 0.3) is 0 Å².